The third kappa shape index (κ3) is 2.33. The van der Waals surface area contributed by atoms with Gasteiger partial charge in [0.15, 0.2) is 0 Å². The molecule has 0 aliphatic carbocycles. The van der Waals surface area contributed by atoms with Crippen LogP contribution in [0.2, 0.25) is 0 Å². The summed E-state index contributed by atoms with van der Waals surface area (Å²) in [5.74, 6) is 1.02. The third-order valence-corrected chi connectivity index (χ3v) is 2.70. The molecular weight excluding hydrogens is 210 g/mol. The summed E-state index contributed by atoms with van der Waals surface area (Å²) < 4.78 is 0. The van der Waals surface area contributed by atoms with E-state index in [0.29, 0.717) is 0 Å². The molecule has 1 aliphatic rings. The standard InChI is InChI=1S/C12H13N3.C2H6/c1-8-6-9-2-3-10(7-11(9)15-8)12-13-4-5-14-12;1-2/h2-3,6-7,15H,4-5H2,1H3,(H,13,14);1-2H3. The number of rotatable bonds is 1. The smallest absolute Gasteiger partial charge is 0.128 e. The van der Waals surface area contributed by atoms with E-state index in [2.05, 4.69) is 46.5 Å². The van der Waals surface area contributed by atoms with Crippen molar-refractivity contribution >= 4 is 16.7 Å². The fourth-order valence-corrected chi connectivity index (χ4v) is 2.01. The van der Waals surface area contributed by atoms with Crippen LogP contribution in [-0.4, -0.2) is 23.9 Å². The lowest BCUT2D eigenvalue weighted by molar-refractivity contribution is 0.960. The lowest BCUT2D eigenvalue weighted by Gasteiger charge is -2.01. The number of nitrogens with one attached hydrogen (secondary N) is 2. The molecule has 0 radical (unpaired) electrons. The minimum absolute atomic E-state index is 0.886. The zero-order valence-electron chi connectivity index (χ0n) is 10.7. The Kier molecular flexibility index (Phi) is 3.47. The van der Waals surface area contributed by atoms with Gasteiger partial charge in [-0.3, -0.25) is 4.99 Å². The minimum atomic E-state index is 0.886. The predicted octanol–water partition coefficient (Wildman–Crippen LogP) is 2.85. The summed E-state index contributed by atoms with van der Waals surface area (Å²) in [7, 11) is 0. The predicted molar refractivity (Wildman–Crippen MR) is 73.8 cm³/mol. The normalized spacial score (nSPS) is 13.9. The quantitative estimate of drug-likeness (QED) is 0.775. The van der Waals surface area contributed by atoms with Crippen LogP contribution in [0.3, 0.4) is 0 Å². The molecule has 3 rings (SSSR count). The summed E-state index contributed by atoms with van der Waals surface area (Å²) in [6, 6.07) is 8.56. The molecular formula is C14H19N3. The summed E-state index contributed by atoms with van der Waals surface area (Å²) in [5, 5.41) is 4.54. The van der Waals surface area contributed by atoms with Crippen molar-refractivity contribution in [2.24, 2.45) is 4.99 Å². The first-order chi connectivity index (χ1) is 8.33. The Hall–Kier alpha value is -1.77. The van der Waals surface area contributed by atoms with Gasteiger partial charge in [-0.15, -0.1) is 0 Å². The van der Waals surface area contributed by atoms with Crippen LogP contribution in [0.25, 0.3) is 10.9 Å². The summed E-state index contributed by atoms with van der Waals surface area (Å²) in [6.07, 6.45) is 0. The molecule has 2 heterocycles. The van der Waals surface area contributed by atoms with Gasteiger partial charge in [0.2, 0.25) is 0 Å². The average molecular weight is 229 g/mol. The number of benzene rings is 1. The fourth-order valence-electron chi connectivity index (χ4n) is 2.01. The number of fused-ring (bicyclic) bond motifs is 1. The van der Waals surface area contributed by atoms with Gasteiger partial charge in [-0.2, -0.15) is 0 Å². The van der Waals surface area contributed by atoms with Gasteiger partial charge in [-0.25, -0.2) is 0 Å². The number of aromatic nitrogens is 1. The Balaban J connectivity index is 0.000000514. The van der Waals surface area contributed by atoms with E-state index in [-0.39, 0.29) is 0 Å². The summed E-state index contributed by atoms with van der Waals surface area (Å²) >= 11 is 0. The first-order valence-corrected chi connectivity index (χ1v) is 6.21. The topological polar surface area (TPSA) is 40.2 Å². The SMILES string of the molecule is CC.Cc1cc2ccc(C3=NCCN3)cc2[nH]1. The number of hydrogen-bond donors (Lipinski definition) is 2. The first kappa shape index (κ1) is 11.7. The number of nitrogens with zero attached hydrogens (tertiary/aromatic N) is 1. The van der Waals surface area contributed by atoms with Gasteiger partial charge in [-0.05, 0) is 24.4 Å². The molecule has 2 N–H and O–H groups in total. The highest BCUT2D eigenvalue weighted by Crippen LogP contribution is 2.17. The van der Waals surface area contributed by atoms with E-state index in [4.69, 9.17) is 0 Å². The second-order valence-corrected chi connectivity index (χ2v) is 3.91. The van der Waals surface area contributed by atoms with E-state index in [1.165, 1.54) is 22.2 Å². The molecule has 1 aromatic heterocycles. The average Bonchev–Trinajstić information content (AvgIpc) is 2.97. The van der Waals surface area contributed by atoms with Gasteiger partial charge in [0.05, 0.1) is 6.54 Å². The molecule has 0 unspecified atom stereocenters. The van der Waals surface area contributed by atoms with Crippen molar-refractivity contribution in [2.45, 2.75) is 20.8 Å². The number of aryl methyl sites for hydroxylation is 1. The number of aromatic amines is 1. The summed E-state index contributed by atoms with van der Waals surface area (Å²) in [5.41, 5.74) is 3.55. The molecule has 3 heteroatoms. The molecule has 3 nitrogen and oxygen atoms in total. The molecule has 0 fully saturated rings. The molecule has 0 spiro atoms. The van der Waals surface area contributed by atoms with Gasteiger partial charge in [0, 0.05) is 23.3 Å². The van der Waals surface area contributed by atoms with Crippen LogP contribution in [0.5, 0.6) is 0 Å². The van der Waals surface area contributed by atoms with E-state index < -0.39 is 0 Å². The van der Waals surface area contributed by atoms with E-state index >= 15 is 0 Å². The highest BCUT2D eigenvalue weighted by Gasteiger charge is 2.08. The Labute approximate surface area is 102 Å². The first-order valence-electron chi connectivity index (χ1n) is 6.21. The second-order valence-electron chi connectivity index (χ2n) is 3.91. The Morgan fingerprint density at radius 3 is 2.71 bits per heavy atom. The highest BCUT2D eigenvalue weighted by atomic mass is 15.1. The molecule has 0 saturated carbocycles. The highest BCUT2D eigenvalue weighted by molar-refractivity contribution is 6.02. The molecule has 1 aromatic carbocycles. The number of hydrogen-bond acceptors (Lipinski definition) is 2. The van der Waals surface area contributed by atoms with Crippen molar-refractivity contribution in [3.63, 3.8) is 0 Å². The molecule has 0 amide bonds. The Bertz CT molecular complexity index is 537. The Morgan fingerprint density at radius 1 is 1.18 bits per heavy atom. The van der Waals surface area contributed by atoms with Crippen LogP contribution >= 0.6 is 0 Å². The maximum Gasteiger partial charge on any atom is 0.128 e. The van der Waals surface area contributed by atoms with Crippen molar-refractivity contribution < 1.29 is 0 Å². The molecule has 2 aromatic rings. The van der Waals surface area contributed by atoms with Crippen molar-refractivity contribution in [3.05, 3.63) is 35.5 Å². The van der Waals surface area contributed by atoms with Crippen molar-refractivity contribution in [1.82, 2.24) is 10.3 Å². The summed E-state index contributed by atoms with van der Waals surface area (Å²) in [6.45, 7) is 7.92. The van der Waals surface area contributed by atoms with Crippen LogP contribution in [0, 0.1) is 6.92 Å². The van der Waals surface area contributed by atoms with E-state index in [1.54, 1.807) is 0 Å². The van der Waals surface area contributed by atoms with Gasteiger partial charge in [-0.1, -0.05) is 26.0 Å². The van der Waals surface area contributed by atoms with Crippen molar-refractivity contribution in [3.8, 4) is 0 Å². The van der Waals surface area contributed by atoms with E-state index in [0.717, 1.165) is 18.9 Å². The zero-order valence-corrected chi connectivity index (χ0v) is 10.7. The van der Waals surface area contributed by atoms with Gasteiger partial charge in [0.25, 0.3) is 0 Å². The molecule has 90 valence electrons. The van der Waals surface area contributed by atoms with Gasteiger partial charge >= 0.3 is 0 Å². The minimum Gasteiger partial charge on any atom is -0.368 e. The third-order valence-electron chi connectivity index (χ3n) is 2.70. The summed E-state index contributed by atoms with van der Waals surface area (Å²) in [4.78, 5) is 7.75. The van der Waals surface area contributed by atoms with Gasteiger partial charge in [0.1, 0.15) is 5.84 Å². The molecule has 0 saturated heterocycles. The maximum atomic E-state index is 4.41. The lowest BCUT2D eigenvalue weighted by Crippen LogP contribution is -2.19. The lowest BCUT2D eigenvalue weighted by atomic mass is 10.1. The van der Waals surface area contributed by atoms with Crippen LogP contribution < -0.4 is 5.32 Å². The van der Waals surface area contributed by atoms with Gasteiger partial charge < -0.3 is 10.3 Å². The number of H-pyrrole nitrogens is 1. The van der Waals surface area contributed by atoms with Crippen LogP contribution in [-0.2, 0) is 0 Å². The van der Waals surface area contributed by atoms with Crippen LogP contribution in [0.1, 0.15) is 25.1 Å². The molecule has 0 atom stereocenters. The van der Waals surface area contributed by atoms with Crippen LogP contribution in [0.15, 0.2) is 29.3 Å². The van der Waals surface area contributed by atoms with E-state index in [9.17, 15) is 0 Å². The second kappa shape index (κ2) is 5.04. The molecule has 1 aliphatic heterocycles. The monoisotopic (exact) mass is 229 g/mol. The molecule has 0 bridgehead atoms. The van der Waals surface area contributed by atoms with Crippen LogP contribution in [0.4, 0.5) is 0 Å². The number of amidine groups is 1. The molecule has 17 heavy (non-hydrogen) atoms. The zero-order chi connectivity index (χ0) is 12.3. The largest absolute Gasteiger partial charge is 0.368 e. The van der Waals surface area contributed by atoms with Crippen molar-refractivity contribution in [1.29, 1.82) is 0 Å². The number of aliphatic imine (C=N–C) groups is 1. The van der Waals surface area contributed by atoms with Crippen molar-refractivity contribution in [2.75, 3.05) is 13.1 Å². The fraction of sp³-hybridized carbons (Fsp3) is 0.357. The van der Waals surface area contributed by atoms with E-state index in [1.807, 2.05) is 13.8 Å². The Morgan fingerprint density at radius 2 is 2.00 bits per heavy atom. The maximum absolute atomic E-state index is 4.41.